The van der Waals surface area contributed by atoms with Crippen molar-refractivity contribution in [2.75, 3.05) is 7.11 Å². The lowest BCUT2D eigenvalue weighted by molar-refractivity contribution is -0.0272. The van der Waals surface area contributed by atoms with E-state index in [0.717, 1.165) is 25.0 Å². The zero-order valence-corrected chi connectivity index (χ0v) is 9.89. The molecule has 2 rings (SSSR count). The van der Waals surface area contributed by atoms with Crippen molar-refractivity contribution < 1.29 is 9.84 Å². The van der Waals surface area contributed by atoms with Gasteiger partial charge in [0.15, 0.2) is 0 Å². The standard InChI is InChI=1S/C13H19NO2/c1-3-11(16-2)13(15)10-7-6-9-5-4-8-14-12(9)10/h4-5,8,10-11,13,15H,3,6-7H2,1-2H3. The van der Waals surface area contributed by atoms with Crippen LogP contribution in [0.1, 0.15) is 36.9 Å². The van der Waals surface area contributed by atoms with Crippen molar-refractivity contribution in [3.8, 4) is 0 Å². The second-order valence-corrected chi connectivity index (χ2v) is 4.37. The second kappa shape index (κ2) is 4.93. The highest BCUT2D eigenvalue weighted by molar-refractivity contribution is 5.29. The fourth-order valence-corrected chi connectivity index (χ4v) is 2.58. The minimum absolute atomic E-state index is 0.0852. The molecular formula is C13H19NO2. The molecule has 0 saturated heterocycles. The first-order valence-corrected chi connectivity index (χ1v) is 5.92. The van der Waals surface area contributed by atoms with E-state index in [-0.39, 0.29) is 12.0 Å². The first-order valence-electron chi connectivity index (χ1n) is 5.92. The minimum Gasteiger partial charge on any atom is -0.390 e. The first-order chi connectivity index (χ1) is 7.77. The van der Waals surface area contributed by atoms with Crippen molar-refractivity contribution in [1.29, 1.82) is 0 Å². The van der Waals surface area contributed by atoms with Crippen molar-refractivity contribution in [1.82, 2.24) is 4.98 Å². The first kappa shape index (κ1) is 11.6. The van der Waals surface area contributed by atoms with Gasteiger partial charge in [0.25, 0.3) is 0 Å². The summed E-state index contributed by atoms with van der Waals surface area (Å²) in [6.07, 6.45) is 4.11. The zero-order chi connectivity index (χ0) is 11.5. The van der Waals surface area contributed by atoms with Crippen LogP contribution in [0.15, 0.2) is 18.3 Å². The highest BCUT2D eigenvalue weighted by atomic mass is 16.5. The van der Waals surface area contributed by atoms with E-state index in [1.807, 2.05) is 13.0 Å². The van der Waals surface area contributed by atoms with Gasteiger partial charge in [0.1, 0.15) is 0 Å². The van der Waals surface area contributed by atoms with Crippen LogP contribution in [0.25, 0.3) is 0 Å². The lowest BCUT2D eigenvalue weighted by Gasteiger charge is -2.25. The average Bonchev–Trinajstić information content (AvgIpc) is 2.74. The van der Waals surface area contributed by atoms with Crippen molar-refractivity contribution in [2.45, 2.75) is 44.3 Å². The molecule has 3 heteroatoms. The summed E-state index contributed by atoms with van der Waals surface area (Å²) in [6.45, 7) is 2.03. The molecule has 0 aliphatic heterocycles. The Kier molecular flexibility index (Phi) is 3.56. The predicted molar refractivity (Wildman–Crippen MR) is 62.4 cm³/mol. The van der Waals surface area contributed by atoms with Gasteiger partial charge in [-0.05, 0) is 30.9 Å². The van der Waals surface area contributed by atoms with Gasteiger partial charge in [-0.25, -0.2) is 0 Å². The van der Waals surface area contributed by atoms with Crippen LogP contribution in [0, 0.1) is 0 Å². The number of ether oxygens (including phenoxy) is 1. The number of aliphatic hydroxyl groups excluding tert-OH is 1. The maximum absolute atomic E-state index is 10.3. The minimum atomic E-state index is -0.439. The lowest BCUT2D eigenvalue weighted by atomic mass is 9.94. The molecule has 88 valence electrons. The van der Waals surface area contributed by atoms with Crippen LogP contribution in [-0.2, 0) is 11.2 Å². The van der Waals surface area contributed by atoms with Gasteiger partial charge in [-0.2, -0.15) is 0 Å². The molecule has 0 aromatic carbocycles. The number of nitrogens with zero attached hydrogens (tertiary/aromatic N) is 1. The van der Waals surface area contributed by atoms with Gasteiger partial charge in [0.2, 0.25) is 0 Å². The zero-order valence-electron chi connectivity index (χ0n) is 9.89. The fraction of sp³-hybridized carbons (Fsp3) is 0.615. The number of aryl methyl sites for hydroxylation is 1. The molecule has 1 aromatic heterocycles. The molecule has 0 fully saturated rings. The Balaban J connectivity index is 2.18. The number of methoxy groups -OCH3 is 1. The third kappa shape index (κ3) is 1.97. The SMILES string of the molecule is CCC(OC)C(O)C1CCc2cccnc21. The summed E-state index contributed by atoms with van der Waals surface area (Å²) < 4.78 is 5.31. The van der Waals surface area contributed by atoms with Crippen LogP contribution < -0.4 is 0 Å². The summed E-state index contributed by atoms with van der Waals surface area (Å²) in [6, 6.07) is 4.06. The molecule has 0 radical (unpaired) electrons. The number of hydrogen-bond donors (Lipinski definition) is 1. The second-order valence-electron chi connectivity index (χ2n) is 4.37. The molecule has 3 unspecified atom stereocenters. The van der Waals surface area contributed by atoms with Crippen molar-refractivity contribution in [3.63, 3.8) is 0 Å². The van der Waals surface area contributed by atoms with Crippen LogP contribution in [0.5, 0.6) is 0 Å². The van der Waals surface area contributed by atoms with Gasteiger partial charge in [-0.3, -0.25) is 4.98 Å². The van der Waals surface area contributed by atoms with Gasteiger partial charge in [0.05, 0.1) is 12.2 Å². The molecule has 0 amide bonds. The third-order valence-corrected chi connectivity index (χ3v) is 3.50. The van der Waals surface area contributed by atoms with E-state index in [4.69, 9.17) is 4.74 Å². The molecule has 0 spiro atoms. The maximum atomic E-state index is 10.3. The number of fused-ring (bicyclic) bond motifs is 1. The summed E-state index contributed by atoms with van der Waals surface area (Å²) in [5.41, 5.74) is 2.34. The van der Waals surface area contributed by atoms with Gasteiger partial charge in [-0.1, -0.05) is 13.0 Å². The van der Waals surface area contributed by atoms with E-state index in [1.54, 1.807) is 13.3 Å². The Bertz CT molecular complexity index is 350. The average molecular weight is 221 g/mol. The topological polar surface area (TPSA) is 42.4 Å². The van der Waals surface area contributed by atoms with Gasteiger partial charge in [-0.15, -0.1) is 0 Å². The highest BCUT2D eigenvalue weighted by Crippen LogP contribution is 2.35. The monoisotopic (exact) mass is 221 g/mol. The van der Waals surface area contributed by atoms with E-state index >= 15 is 0 Å². The van der Waals surface area contributed by atoms with Crippen LogP contribution in [0.3, 0.4) is 0 Å². The largest absolute Gasteiger partial charge is 0.390 e. The van der Waals surface area contributed by atoms with Crippen LogP contribution in [0.4, 0.5) is 0 Å². The molecule has 0 bridgehead atoms. The molecule has 3 nitrogen and oxygen atoms in total. The summed E-state index contributed by atoms with van der Waals surface area (Å²) in [5, 5.41) is 10.3. The number of hydrogen-bond acceptors (Lipinski definition) is 3. The van der Waals surface area contributed by atoms with Crippen LogP contribution in [-0.4, -0.2) is 29.4 Å². The number of aliphatic hydroxyl groups is 1. The van der Waals surface area contributed by atoms with Gasteiger partial charge in [0, 0.05) is 24.9 Å². The van der Waals surface area contributed by atoms with Gasteiger partial charge >= 0.3 is 0 Å². The Morgan fingerprint density at radius 3 is 3.12 bits per heavy atom. The summed E-state index contributed by atoms with van der Waals surface area (Å²) in [4.78, 5) is 4.40. The van der Waals surface area contributed by atoms with E-state index in [2.05, 4.69) is 11.1 Å². The van der Waals surface area contributed by atoms with E-state index in [1.165, 1.54) is 5.56 Å². The summed E-state index contributed by atoms with van der Waals surface area (Å²) >= 11 is 0. The number of rotatable bonds is 4. The lowest BCUT2D eigenvalue weighted by Crippen LogP contribution is -2.32. The smallest absolute Gasteiger partial charge is 0.0885 e. The Hall–Kier alpha value is -0.930. The van der Waals surface area contributed by atoms with Crippen LogP contribution in [0.2, 0.25) is 0 Å². The Labute approximate surface area is 96.5 Å². The quantitative estimate of drug-likeness (QED) is 0.844. The van der Waals surface area contributed by atoms with Crippen molar-refractivity contribution in [2.24, 2.45) is 0 Å². The normalized spacial score (nSPS) is 22.8. The molecular weight excluding hydrogens is 202 g/mol. The Morgan fingerprint density at radius 1 is 1.62 bits per heavy atom. The maximum Gasteiger partial charge on any atom is 0.0885 e. The molecule has 1 heterocycles. The predicted octanol–water partition coefficient (Wildman–Crippen LogP) is 1.90. The van der Waals surface area contributed by atoms with Crippen molar-refractivity contribution in [3.05, 3.63) is 29.6 Å². The van der Waals surface area contributed by atoms with E-state index in [9.17, 15) is 5.11 Å². The van der Waals surface area contributed by atoms with E-state index < -0.39 is 6.10 Å². The molecule has 0 saturated carbocycles. The van der Waals surface area contributed by atoms with Gasteiger partial charge < -0.3 is 9.84 Å². The molecule has 16 heavy (non-hydrogen) atoms. The molecule has 3 atom stereocenters. The fourth-order valence-electron chi connectivity index (χ4n) is 2.58. The molecule has 1 aliphatic rings. The third-order valence-electron chi connectivity index (χ3n) is 3.50. The molecule has 1 aromatic rings. The number of aromatic nitrogens is 1. The Morgan fingerprint density at radius 2 is 2.44 bits per heavy atom. The van der Waals surface area contributed by atoms with Crippen molar-refractivity contribution >= 4 is 0 Å². The highest BCUT2D eigenvalue weighted by Gasteiger charge is 2.33. The molecule has 1 aliphatic carbocycles. The van der Waals surface area contributed by atoms with E-state index in [0.29, 0.717) is 0 Å². The molecule has 1 N–H and O–H groups in total. The van der Waals surface area contributed by atoms with Crippen LogP contribution >= 0.6 is 0 Å². The summed E-state index contributed by atoms with van der Waals surface area (Å²) in [7, 11) is 1.66. The summed E-state index contributed by atoms with van der Waals surface area (Å²) in [5.74, 6) is 0.140. The number of pyridine rings is 1.